The molecular formula is C13H17FN2O2. The zero-order valence-corrected chi connectivity index (χ0v) is 10.1. The number of halogens is 1. The van der Waals surface area contributed by atoms with Crippen molar-refractivity contribution in [3.8, 4) is 0 Å². The zero-order valence-electron chi connectivity index (χ0n) is 10.1. The van der Waals surface area contributed by atoms with Crippen LogP contribution in [0.1, 0.15) is 5.56 Å². The highest BCUT2D eigenvalue weighted by molar-refractivity contribution is 5.67. The van der Waals surface area contributed by atoms with E-state index in [9.17, 15) is 9.18 Å². The van der Waals surface area contributed by atoms with E-state index < -0.39 is 12.8 Å². The number of hydrogen-bond donors (Lipinski definition) is 2. The first-order valence-electron chi connectivity index (χ1n) is 6.03. The van der Waals surface area contributed by atoms with Gasteiger partial charge in [-0.15, -0.1) is 0 Å². The Balaban J connectivity index is 1.75. The van der Waals surface area contributed by atoms with Crippen LogP contribution in [0.5, 0.6) is 0 Å². The summed E-state index contributed by atoms with van der Waals surface area (Å²) in [6, 6.07) is 9.26. The van der Waals surface area contributed by atoms with Crippen molar-refractivity contribution in [2.45, 2.75) is 12.6 Å². The molecular weight excluding hydrogens is 235 g/mol. The van der Waals surface area contributed by atoms with Crippen molar-refractivity contribution < 1.29 is 13.9 Å². The number of carbonyl (C=O) groups is 1. The third kappa shape index (κ3) is 3.43. The predicted molar refractivity (Wildman–Crippen MR) is 65.9 cm³/mol. The molecule has 1 heterocycles. The summed E-state index contributed by atoms with van der Waals surface area (Å²) in [6.45, 7) is 0.985. The summed E-state index contributed by atoms with van der Waals surface area (Å²) in [6.07, 6.45) is -0.494. The van der Waals surface area contributed by atoms with Gasteiger partial charge in [0.1, 0.15) is 6.61 Å². The summed E-state index contributed by atoms with van der Waals surface area (Å²) >= 11 is 0. The van der Waals surface area contributed by atoms with E-state index in [2.05, 4.69) is 10.6 Å². The minimum absolute atomic E-state index is 0.158. The van der Waals surface area contributed by atoms with Crippen molar-refractivity contribution >= 4 is 6.09 Å². The summed E-state index contributed by atoms with van der Waals surface area (Å²) in [5.74, 6) is -0.158. The molecule has 0 spiro atoms. The predicted octanol–water partition coefficient (Wildman–Crippen LogP) is 1.47. The minimum Gasteiger partial charge on any atom is -0.445 e. The summed E-state index contributed by atoms with van der Waals surface area (Å²) in [5, 5.41) is 5.73. The van der Waals surface area contributed by atoms with Crippen molar-refractivity contribution in [1.82, 2.24) is 10.6 Å². The van der Waals surface area contributed by atoms with Gasteiger partial charge in [0.15, 0.2) is 0 Å². The number of alkyl halides is 1. The lowest BCUT2D eigenvalue weighted by molar-refractivity contribution is 0.133. The summed E-state index contributed by atoms with van der Waals surface area (Å²) in [7, 11) is 0. The molecule has 1 aliphatic rings. The molecule has 5 heteroatoms. The van der Waals surface area contributed by atoms with E-state index in [0.29, 0.717) is 13.1 Å². The third-order valence-corrected chi connectivity index (χ3v) is 3.05. The van der Waals surface area contributed by atoms with E-state index in [0.717, 1.165) is 5.56 Å². The molecule has 1 aromatic carbocycles. The van der Waals surface area contributed by atoms with Crippen LogP contribution >= 0.6 is 0 Å². The van der Waals surface area contributed by atoms with Crippen LogP contribution in [0.15, 0.2) is 30.3 Å². The fourth-order valence-corrected chi connectivity index (χ4v) is 1.98. The van der Waals surface area contributed by atoms with Gasteiger partial charge in [0.2, 0.25) is 0 Å². The second-order valence-electron chi connectivity index (χ2n) is 4.39. The van der Waals surface area contributed by atoms with Gasteiger partial charge in [0, 0.05) is 19.0 Å². The zero-order chi connectivity index (χ0) is 12.8. The van der Waals surface area contributed by atoms with E-state index >= 15 is 0 Å². The average molecular weight is 252 g/mol. The number of nitrogens with one attached hydrogen (secondary N) is 2. The van der Waals surface area contributed by atoms with Gasteiger partial charge in [0.25, 0.3) is 0 Å². The van der Waals surface area contributed by atoms with Gasteiger partial charge < -0.3 is 15.4 Å². The Bertz CT molecular complexity index is 386. The molecule has 1 aromatic rings. The minimum atomic E-state index is -0.494. The standard InChI is InChI=1S/C13H17FN2O2/c14-6-11-7-15-8-12(11)16-13(17)18-9-10-4-2-1-3-5-10/h1-5,11-12,15H,6-9H2,(H,16,17)/t11-,12+/m1/s1. The molecule has 0 aromatic heterocycles. The second kappa shape index (κ2) is 6.35. The summed E-state index contributed by atoms with van der Waals surface area (Å²) < 4.78 is 17.7. The van der Waals surface area contributed by atoms with Crippen LogP contribution in [0.25, 0.3) is 0 Å². The van der Waals surface area contributed by atoms with Crippen LogP contribution in [0, 0.1) is 5.92 Å². The smallest absolute Gasteiger partial charge is 0.407 e. The van der Waals surface area contributed by atoms with Crippen molar-refractivity contribution in [3.05, 3.63) is 35.9 Å². The molecule has 0 saturated carbocycles. The van der Waals surface area contributed by atoms with E-state index in [1.807, 2.05) is 30.3 Å². The van der Waals surface area contributed by atoms with E-state index in [1.165, 1.54) is 0 Å². The van der Waals surface area contributed by atoms with Crippen molar-refractivity contribution in [3.63, 3.8) is 0 Å². The first-order chi connectivity index (χ1) is 8.79. The molecule has 1 saturated heterocycles. The van der Waals surface area contributed by atoms with Crippen molar-refractivity contribution in [2.24, 2.45) is 5.92 Å². The molecule has 4 nitrogen and oxygen atoms in total. The number of amides is 1. The Kier molecular flexibility index (Phi) is 4.52. The molecule has 98 valence electrons. The lowest BCUT2D eigenvalue weighted by Crippen LogP contribution is -2.41. The van der Waals surface area contributed by atoms with Crippen molar-refractivity contribution in [2.75, 3.05) is 19.8 Å². The molecule has 0 bridgehead atoms. The van der Waals surface area contributed by atoms with Gasteiger partial charge in [-0.05, 0) is 5.56 Å². The van der Waals surface area contributed by atoms with Crippen LogP contribution in [0.2, 0.25) is 0 Å². The Morgan fingerprint density at radius 3 is 2.89 bits per heavy atom. The number of rotatable bonds is 4. The topological polar surface area (TPSA) is 50.4 Å². The van der Waals surface area contributed by atoms with E-state index in [-0.39, 0.29) is 18.6 Å². The van der Waals surface area contributed by atoms with Gasteiger partial charge in [-0.25, -0.2) is 4.79 Å². The van der Waals surface area contributed by atoms with Gasteiger partial charge in [0.05, 0.1) is 12.7 Å². The first-order valence-corrected chi connectivity index (χ1v) is 6.03. The maximum Gasteiger partial charge on any atom is 0.407 e. The maximum absolute atomic E-state index is 12.6. The highest BCUT2D eigenvalue weighted by atomic mass is 19.1. The summed E-state index contributed by atoms with van der Waals surface area (Å²) in [4.78, 5) is 11.6. The van der Waals surface area contributed by atoms with Crippen LogP contribution in [0.4, 0.5) is 9.18 Å². The number of benzene rings is 1. The van der Waals surface area contributed by atoms with Crippen molar-refractivity contribution in [1.29, 1.82) is 0 Å². The highest BCUT2D eigenvalue weighted by Gasteiger charge is 2.28. The molecule has 0 unspecified atom stereocenters. The molecule has 18 heavy (non-hydrogen) atoms. The number of hydrogen-bond acceptors (Lipinski definition) is 3. The number of ether oxygens (including phenoxy) is 1. The monoisotopic (exact) mass is 252 g/mol. The molecule has 2 atom stereocenters. The van der Waals surface area contributed by atoms with Crippen LogP contribution in [-0.4, -0.2) is 31.9 Å². The Morgan fingerprint density at radius 2 is 2.17 bits per heavy atom. The van der Waals surface area contributed by atoms with Gasteiger partial charge in [-0.2, -0.15) is 0 Å². The second-order valence-corrected chi connectivity index (χ2v) is 4.39. The number of alkyl carbamates (subject to hydrolysis) is 1. The Morgan fingerprint density at radius 1 is 1.39 bits per heavy atom. The fraction of sp³-hybridized carbons (Fsp3) is 0.462. The van der Waals surface area contributed by atoms with Crippen LogP contribution in [-0.2, 0) is 11.3 Å². The van der Waals surface area contributed by atoms with Crippen LogP contribution in [0.3, 0.4) is 0 Å². The average Bonchev–Trinajstić information content (AvgIpc) is 2.85. The van der Waals surface area contributed by atoms with Gasteiger partial charge >= 0.3 is 6.09 Å². The molecule has 2 rings (SSSR count). The molecule has 1 fully saturated rings. The van der Waals surface area contributed by atoms with Gasteiger partial charge in [-0.1, -0.05) is 30.3 Å². The normalized spacial score (nSPS) is 22.7. The Hall–Kier alpha value is -1.62. The summed E-state index contributed by atoms with van der Waals surface area (Å²) in [5.41, 5.74) is 0.930. The van der Waals surface area contributed by atoms with E-state index in [1.54, 1.807) is 0 Å². The SMILES string of the molecule is O=C(N[C@H]1CNC[C@H]1CF)OCc1ccccc1. The largest absolute Gasteiger partial charge is 0.445 e. The number of carbonyl (C=O) groups excluding carboxylic acids is 1. The maximum atomic E-state index is 12.6. The Labute approximate surface area is 106 Å². The third-order valence-electron chi connectivity index (χ3n) is 3.05. The van der Waals surface area contributed by atoms with Crippen LogP contribution < -0.4 is 10.6 Å². The van der Waals surface area contributed by atoms with E-state index in [4.69, 9.17) is 4.74 Å². The fourth-order valence-electron chi connectivity index (χ4n) is 1.98. The highest BCUT2D eigenvalue weighted by Crippen LogP contribution is 2.10. The lowest BCUT2D eigenvalue weighted by atomic mass is 10.1. The molecule has 0 aliphatic carbocycles. The molecule has 1 aliphatic heterocycles. The molecule has 2 N–H and O–H groups in total. The quantitative estimate of drug-likeness (QED) is 0.853. The first kappa shape index (κ1) is 12.8. The lowest BCUT2D eigenvalue weighted by Gasteiger charge is -2.17. The van der Waals surface area contributed by atoms with Gasteiger partial charge in [-0.3, -0.25) is 4.39 Å². The molecule has 0 radical (unpaired) electrons. The molecule has 1 amide bonds.